The molecule has 3 nitrogen and oxygen atoms in total. The molecule has 1 unspecified atom stereocenters. The highest BCUT2D eigenvalue weighted by molar-refractivity contribution is 5.84. The van der Waals surface area contributed by atoms with Gasteiger partial charge < -0.3 is 4.90 Å². The highest BCUT2D eigenvalue weighted by Gasteiger charge is 2.56. The van der Waals surface area contributed by atoms with E-state index in [-0.39, 0.29) is 11.5 Å². The van der Waals surface area contributed by atoms with Crippen molar-refractivity contribution in [3.63, 3.8) is 0 Å². The molecule has 5 aliphatic rings. The average Bonchev–Trinajstić information content (AvgIpc) is 2.84. The second kappa shape index (κ2) is 3.98. The average molecular weight is 258 g/mol. The van der Waals surface area contributed by atoms with Crippen molar-refractivity contribution in [1.82, 2.24) is 4.90 Å². The smallest absolute Gasteiger partial charge is 0.229 e. The van der Waals surface area contributed by atoms with Crippen LogP contribution in [0.3, 0.4) is 0 Å². The lowest BCUT2D eigenvalue weighted by molar-refractivity contribution is -0.157. The van der Waals surface area contributed by atoms with E-state index in [1.807, 2.05) is 4.90 Å². The van der Waals surface area contributed by atoms with Crippen molar-refractivity contribution in [3.05, 3.63) is 0 Å². The van der Waals surface area contributed by atoms with Crippen molar-refractivity contribution in [2.75, 3.05) is 6.54 Å². The van der Waals surface area contributed by atoms with Gasteiger partial charge in [-0.05, 0) is 69.1 Å². The summed E-state index contributed by atoms with van der Waals surface area (Å²) in [5.41, 5.74) is -0.0613. The van der Waals surface area contributed by atoms with E-state index in [2.05, 4.69) is 6.07 Å². The zero-order valence-corrected chi connectivity index (χ0v) is 11.5. The Hall–Kier alpha value is -1.04. The lowest BCUT2D eigenvalue weighted by atomic mass is 9.49. The Labute approximate surface area is 115 Å². The van der Waals surface area contributed by atoms with Crippen LogP contribution in [0.1, 0.15) is 51.4 Å². The summed E-state index contributed by atoms with van der Waals surface area (Å²) in [6.45, 7) is 0.818. The number of hydrogen-bond donors (Lipinski definition) is 0. The van der Waals surface area contributed by atoms with Crippen LogP contribution in [0.25, 0.3) is 0 Å². The summed E-state index contributed by atoms with van der Waals surface area (Å²) < 4.78 is 0. The molecule has 102 valence electrons. The molecule has 19 heavy (non-hydrogen) atoms. The number of carbonyl (C=O) groups excluding carboxylic acids is 1. The molecule has 5 rings (SSSR count). The van der Waals surface area contributed by atoms with Gasteiger partial charge in [0.15, 0.2) is 0 Å². The van der Waals surface area contributed by atoms with Crippen LogP contribution in [0.15, 0.2) is 0 Å². The zero-order chi connectivity index (χ0) is 13.0. The molecule has 0 N–H and O–H groups in total. The Kier molecular flexibility index (Phi) is 2.46. The number of nitriles is 1. The van der Waals surface area contributed by atoms with Crippen LogP contribution >= 0.6 is 0 Å². The maximum atomic E-state index is 13.0. The van der Waals surface area contributed by atoms with Gasteiger partial charge in [-0.2, -0.15) is 5.26 Å². The summed E-state index contributed by atoms with van der Waals surface area (Å²) in [4.78, 5) is 15.0. The predicted octanol–water partition coefficient (Wildman–Crippen LogP) is 2.72. The fourth-order valence-electron chi connectivity index (χ4n) is 5.82. The molecular formula is C16H22N2O. The van der Waals surface area contributed by atoms with Crippen molar-refractivity contribution >= 4 is 5.91 Å². The molecule has 0 aromatic heterocycles. The summed E-state index contributed by atoms with van der Waals surface area (Å²) in [5.74, 6) is 2.76. The first-order chi connectivity index (χ1) is 9.20. The summed E-state index contributed by atoms with van der Waals surface area (Å²) in [7, 11) is 0. The second-order valence-electron chi connectivity index (χ2n) is 7.48. The zero-order valence-electron chi connectivity index (χ0n) is 11.5. The first kappa shape index (κ1) is 11.8. The lowest BCUT2D eigenvalue weighted by Crippen LogP contribution is -2.55. The van der Waals surface area contributed by atoms with Crippen molar-refractivity contribution in [2.24, 2.45) is 23.2 Å². The number of rotatable bonds is 1. The van der Waals surface area contributed by atoms with Gasteiger partial charge in [-0.3, -0.25) is 4.79 Å². The van der Waals surface area contributed by atoms with Crippen molar-refractivity contribution < 1.29 is 4.79 Å². The molecular weight excluding hydrogens is 236 g/mol. The third-order valence-electron chi connectivity index (χ3n) is 6.15. The minimum atomic E-state index is -0.138. The third kappa shape index (κ3) is 1.65. The molecule has 4 aliphatic carbocycles. The van der Waals surface area contributed by atoms with Gasteiger partial charge in [-0.25, -0.2) is 0 Å². The van der Waals surface area contributed by atoms with Crippen molar-refractivity contribution in [2.45, 2.75) is 57.4 Å². The first-order valence-electron chi connectivity index (χ1n) is 7.91. The maximum Gasteiger partial charge on any atom is 0.229 e. The Morgan fingerprint density at radius 2 is 1.68 bits per heavy atom. The number of carbonyl (C=O) groups is 1. The molecule has 5 fully saturated rings. The Morgan fingerprint density at radius 1 is 1.11 bits per heavy atom. The third-order valence-corrected chi connectivity index (χ3v) is 6.15. The minimum absolute atomic E-state index is 0.0613. The first-order valence-corrected chi connectivity index (χ1v) is 7.91. The molecule has 1 aliphatic heterocycles. The van der Waals surface area contributed by atoms with Gasteiger partial charge in [0.05, 0.1) is 11.5 Å². The van der Waals surface area contributed by atoms with Crippen LogP contribution in [0.5, 0.6) is 0 Å². The van der Waals surface area contributed by atoms with Gasteiger partial charge in [0.2, 0.25) is 5.91 Å². The highest BCUT2D eigenvalue weighted by atomic mass is 16.2. The fraction of sp³-hybridized carbons (Fsp3) is 0.875. The molecule has 1 atom stereocenters. The second-order valence-corrected chi connectivity index (χ2v) is 7.48. The van der Waals surface area contributed by atoms with Crippen LogP contribution in [-0.2, 0) is 4.79 Å². The van der Waals surface area contributed by atoms with E-state index in [4.69, 9.17) is 0 Å². The van der Waals surface area contributed by atoms with Gasteiger partial charge in [0, 0.05) is 6.54 Å². The van der Waals surface area contributed by atoms with Gasteiger partial charge in [-0.15, -0.1) is 0 Å². The standard InChI is InChI=1S/C16H22N2O/c17-10-14-2-1-3-18(14)15(19)16-7-11-4-12(8-16)6-13(5-11)9-16/h11-14H,1-9H2. The molecule has 0 radical (unpaired) electrons. The van der Waals surface area contributed by atoms with E-state index >= 15 is 0 Å². The van der Waals surface area contributed by atoms with Gasteiger partial charge in [0.1, 0.15) is 6.04 Å². The monoisotopic (exact) mass is 258 g/mol. The van der Waals surface area contributed by atoms with Crippen LogP contribution in [0.4, 0.5) is 0 Å². The summed E-state index contributed by atoms with van der Waals surface area (Å²) in [6, 6.07) is 2.19. The molecule has 4 saturated carbocycles. The minimum Gasteiger partial charge on any atom is -0.326 e. The van der Waals surface area contributed by atoms with Crippen LogP contribution in [0.2, 0.25) is 0 Å². The quantitative estimate of drug-likeness (QED) is 0.726. The topological polar surface area (TPSA) is 44.1 Å². The maximum absolute atomic E-state index is 13.0. The lowest BCUT2D eigenvalue weighted by Gasteiger charge is -2.56. The van der Waals surface area contributed by atoms with Gasteiger partial charge >= 0.3 is 0 Å². The Balaban J connectivity index is 1.61. The highest BCUT2D eigenvalue weighted by Crippen LogP contribution is 2.60. The van der Waals surface area contributed by atoms with Crippen LogP contribution in [0, 0.1) is 34.5 Å². The summed E-state index contributed by atoms with van der Waals surface area (Å²) >= 11 is 0. The van der Waals surface area contributed by atoms with E-state index in [1.165, 1.54) is 19.3 Å². The molecule has 3 heteroatoms. The Bertz CT molecular complexity index is 415. The SMILES string of the molecule is N#CC1CCCN1C(=O)C12CC3CC(CC(C3)C1)C2. The summed E-state index contributed by atoms with van der Waals surface area (Å²) in [6.07, 6.45) is 9.35. The fourth-order valence-corrected chi connectivity index (χ4v) is 5.82. The molecule has 0 aromatic rings. The predicted molar refractivity (Wildman–Crippen MR) is 71.0 cm³/mol. The number of amides is 1. The normalized spacial score (nSPS) is 47.4. The van der Waals surface area contributed by atoms with Crippen LogP contribution < -0.4 is 0 Å². The summed E-state index contributed by atoms with van der Waals surface area (Å²) in [5, 5.41) is 9.22. The van der Waals surface area contributed by atoms with Crippen molar-refractivity contribution in [3.8, 4) is 6.07 Å². The van der Waals surface area contributed by atoms with Crippen LogP contribution in [-0.4, -0.2) is 23.4 Å². The van der Waals surface area contributed by atoms with Crippen molar-refractivity contribution in [1.29, 1.82) is 5.26 Å². The largest absolute Gasteiger partial charge is 0.326 e. The van der Waals surface area contributed by atoms with E-state index in [1.54, 1.807) is 0 Å². The molecule has 1 amide bonds. The van der Waals surface area contributed by atoms with Gasteiger partial charge in [-0.1, -0.05) is 0 Å². The molecule has 4 bridgehead atoms. The molecule has 0 aromatic carbocycles. The number of nitrogens with zero attached hydrogens (tertiary/aromatic N) is 2. The number of hydrogen-bond acceptors (Lipinski definition) is 2. The van der Waals surface area contributed by atoms with Gasteiger partial charge in [0.25, 0.3) is 0 Å². The van der Waals surface area contributed by atoms with E-state index in [9.17, 15) is 10.1 Å². The van der Waals surface area contributed by atoms with E-state index in [0.717, 1.165) is 56.4 Å². The molecule has 1 heterocycles. The molecule has 0 spiro atoms. The van der Waals surface area contributed by atoms with E-state index in [0.29, 0.717) is 5.91 Å². The Morgan fingerprint density at radius 3 is 2.21 bits per heavy atom. The molecule has 1 saturated heterocycles. The van der Waals surface area contributed by atoms with E-state index < -0.39 is 0 Å². The number of likely N-dealkylation sites (tertiary alicyclic amines) is 1.